The van der Waals surface area contributed by atoms with Crippen molar-refractivity contribution in [1.29, 1.82) is 0 Å². The fourth-order valence-electron chi connectivity index (χ4n) is 1.09. The average Bonchev–Trinajstić information content (AvgIpc) is 2.26. The van der Waals surface area contributed by atoms with E-state index < -0.39 is 0 Å². The van der Waals surface area contributed by atoms with Crippen molar-refractivity contribution in [2.24, 2.45) is 0 Å². The van der Waals surface area contributed by atoms with Crippen molar-refractivity contribution in [3.8, 4) is 0 Å². The van der Waals surface area contributed by atoms with E-state index >= 15 is 0 Å². The zero-order chi connectivity index (χ0) is 11.3. The Kier molecular flexibility index (Phi) is 5.20. The monoisotopic (exact) mass is 265 g/mol. The summed E-state index contributed by atoms with van der Waals surface area (Å²) in [4.78, 5) is 0. The number of hydrogen-bond acceptors (Lipinski definition) is 1. The summed E-state index contributed by atoms with van der Waals surface area (Å²) in [5, 5.41) is 4.06. The molecule has 0 heterocycles. The van der Waals surface area contributed by atoms with Gasteiger partial charge in [-0.25, -0.2) is 0 Å². The van der Waals surface area contributed by atoms with E-state index in [0.717, 1.165) is 17.1 Å². The van der Waals surface area contributed by atoms with Crippen molar-refractivity contribution in [3.05, 3.63) is 34.9 Å². The van der Waals surface area contributed by atoms with E-state index in [2.05, 4.69) is 5.32 Å². The van der Waals surface area contributed by atoms with Crippen LogP contribution in [0.4, 0.5) is 0 Å². The van der Waals surface area contributed by atoms with Gasteiger partial charge in [0.25, 0.3) is 0 Å². The lowest BCUT2D eigenvalue weighted by Gasteiger charge is -2.26. The summed E-state index contributed by atoms with van der Waals surface area (Å²) >= 11 is 17.5. The predicted molar refractivity (Wildman–Crippen MR) is 68.1 cm³/mol. The van der Waals surface area contributed by atoms with Gasteiger partial charge in [0.1, 0.15) is 0 Å². The highest BCUT2D eigenvalue weighted by molar-refractivity contribution is 6.30. The minimum absolute atomic E-state index is 0.231. The molecule has 0 atom stereocenters. The van der Waals surface area contributed by atoms with E-state index in [4.69, 9.17) is 34.8 Å². The highest BCUT2D eigenvalue weighted by Crippen LogP contribution is 2.13. The zero-order valence-electron chi connectivity index (χ0n) is 8.56. The third-order valence-corrected chi connectivity index (χ3v) is 3.61. The molecule has 0 aromatic heterocycles. The number of hydrogen-bond donors (Lipinski definition) is 1. The molecule has 1 rings (SSSR count). The van der Waals surface area contributed by atoms with Crippen LogP contribution in [-0.4, -0.2) is 17.3 Å². The third-order valence-electron chi connectivity index (χ3n) is 2.20. The van der Waals surface area contributed by atoms with E-state index in [1.807, 2.05) is 31.2 Å². The topological polar surface area (TPSA) is 12.0 Å². The molecule has 0 bridgehead atoms. The van der Waals surface area contributed by atoms with E-state index in [1.54, 1.807) is 0 Å². The molecule has 0 radical (unpaired) electrons. The maximum absolute atomic E-state index is 5.88. The zero-order valence-corrected chi connectivity index (χ0v) is 10.8. The molecule has 0 saturated heterocycles. The van der Waals surface area contributed by atoms with Gasteiger partial charge in [0.05, 0.1) is 0 Å². The molecule has 15 heavy (non-hydrogen) atoms. The van der Waals surface area contributed by atoms with E-state index in [9.17, 15) is 0 Å². The maximum Gasteiger partial charge on any atom is 0.0427 e. The summed E-state index contributed by atoms with van der Waals surface area (Å²) in [5.41, 5.74) is 0.898. The molecular weight excluding hydrogens is 252 g/mol. The molecule has 0 aliphatic carbocycles. The Morgan fingerprint density at radius 1 is 1.27 bits per heavy atom. The number of rotatable bonds is 5. The van der Waals surface area contributed by atoms with Crippen LogP contribution in [0.3, 0.4) is 0 Å². The molecule has 0 unspecified atom stereocenters. The van der Waals surface area contributed by atoms with Crippen LogP contribution >= 0.6 is 34.8 Å². The first kappa shape index (κ1) is 13.1. The fraction of sp³-hybridized carbons (Fsp3) is 0.455. The first-order chi connectivity index (χ1) is 7.09. The molecule has 0 aliphatic rings. The second-order valence-electron chi connectivity index (χ2n) is 3.81. The molecule has 0 aliphatic heterocycles. The van der Waals surface area contributed by atoms with Crippen LogP contribution in [0.2, 0.25) is 5.02 Å². The van der Waals surface area contributed by atoms with Crippen molar-refractivity contribution in [1.82, 2.24) is 5.32 Å². The molecule has 84 valence electrons. The summed E-state index contributed by atoms with van der Waals surface area (Å²) in [6, 6.07) is 7.73. The standard InChI is InChI=1S/C11H14Cl3N/c1-11(7-12,8-13)15-6-9-3-2-4-10(14)5-9/h2-5,15H,6-8H2,1H3. The molecule has 0 saturated carbocycles. The quantitative estimate of drug-likeness (QED) is 0.802. The van der Waals surface area contributed by atoms with Crippen LogP contribution in [0, 0.1) is 0 Å². The van der Waals surface area contributed by atoms with Gasteiger partial charge in [0.15, 0.2) is 0 Å². The summed E-state index contributed by atoms with van der Waals surface area (Å²) in [5.74, 6) is 0.966. The lowest BCUT2D eigenvalue weighted by molar-refractivity contribution is 0.435. The summed E-state index contributed by atoms with van der Waals surface area (Å²) in [6.07, 6.45) is 0. The Labute approximate surface area is 106 Å². The van der Waals surface area contributed by atoms with Crippen molar-refractivity contribution >= 4 is 34.8 Å². The number of nitrogens with one attached hydrogen (secondary N) is 1. The van der Waals surface area contributed by atoms with Crippen LogP contribution in [0.1, 0.15) is 12.5 Å². The minimum atomic E-state index is -0.231. The van der Waals surface area contributed by atoms with Crippen molar-refractivity contribution < 1.29 is 0 Å². The van der Waals surface area contributed by atoms with Gasteiger partial charge < -0.3 is 5.32 Å². The highest BCUT2D eigenvalue weighted by atomic mass is 35.5. The normalized spacial score (nSPS) is 11.7. The summed E-state index contributed by atoms with van der Waals surface area (Å²) in [6.45, 7) is 2.72. The molecule has 1 aromatic rings. The molecular formula is C11H14Cl3N. The van der Waals surface area contributed by atoms with Gasteiger partial charge >= 0.3 is 0 Å². The van der Waals surface area contributed by atoms with Crippen LogP contribution in [0.5, 0.6) is 0 Å². The minimum Gasteiger partial charge on any atom is -0.305 e. The molecule has 0 amide bonds. The molecule has 4 heteroatoms. The van der Waals surface area contributed by atoms with Crippen LogP contribution in [0.25, 0.3) is 0 Å². The smallest absolute Gasteiger partial charge is 0.0427 e. The molecule has 1 N–H and O–H groups in total. The van der Waals surface area contributed by atoms with E-state index in [-0.39, 0.29) is 5.54 Å². The van der Waals surface area contributed by atoms with Crippen LogP contribution in [-0.2, 0) is 6.54 Å². The van der Waals surface area contributed by atoms with Gasteiger partial charge in [0.2, 0.25) is 0 Å². The first-order valence-electron chi connectivity index (χ1n) is 4.71. The average molecular weight is 267 g/mol. The summed E-state index contributed by atoms with van der Waals surface area (Å²) < 4.78 is 0. The SMILES string of the molecule is CC(CCl)(CCl)NCc1cccc(Cl)c1. The Morgan fingerprint density at radius 3 is 2.47 bits per heavy atom. The second kappa shape index (κ2) is 5.95. The predicted octanol–water partition coefficient (Wildman–Crippen LogP) is 3.67. The first-order valence-corrected chi connectivity index (χ1v) is 6.16. The van der Waals surface area contributed by atoms with Gasteiger partial charge in [-0.3, -0.25) is 0 Å². The molecule has 1 aromatic carbocycles. The Balaban J connectivity index is 2.56. The lowest BCUT2D eigenvalue weighted by atomic mass is 10.1. The van der Waals surface area contributed by atoms with Crippen LogP contribution in [0.15, 0.2) is 24.3 Å². The van der Waals surface area contributed by atoms with Crippen molar-refractivity contribution in [3.63, 3.8) is 0 Å². The van der Waals surface area contributed by atoms with Gasteiger partial charge in [-0.1, -0.05) is 23.7 Å². The maximum atomic E-state index is 5.88. The van der Waals surface area contributed by atoms with E-state index in [0.29, 0.717) is 11.8 Å². The van der Waals surface area contributed by atoms with Crippen molar-refractivity contribution in [2.45, 2.75) is 19.0 Å². The van der Waals surface area contributed by atoms with Gasteiger partial charge in [-0.15, -0.1) is 23.2 Å². The second-order valence-corrected chi connectivity index (χ2v) is 4.78. The Hall–Kier alpha value is 0.0500. The van der Waals surface area contributed by atoms with Gasteiger partial charge in [0, 0.05) is 28.9 Å². The van der Waals surface area contributed by atoms with E-state index in [1.165, 1.54) is 0 Å². The Bertz CT molecular complexity index is 310. The fourth-order valence-corrected chi connectivity index (χ4v) is 1.78. The molecule has 1 nitrogen and oxygen atoms in total. The van der Waals surface area contributed by atoms with Crippen molar-refractivity contribution in [2.75, 3.05) is 11.8 Å². The van der Waals surface area contributed by atoms with Gasteiger partial charge in [-0.2, -0.15) is 0 Å². The third kappa shape index (κ3) is 4.20. The van der Waals surface area contributed by atoms with Gasteiger partial charge in [-0.05, 0) is 24.6 Å². The number of halogens is 3. The Morgan fingerprint density at radius 2 is 1.93 bits per heavy atom. The number of alkyl halides is 2. The lowest BCUT2D eigenvalue weighted by Crippen LogP contribution is -2.45. The molecule has 0 fully saturated rings. The number of benzene rings is 1. The molecule has 0 spiro atoms. The summed E-state index contributed by atoms with van der Waals surface area (Å²) in [7, 11) is 0. The largest absolute Gasteiger partial charge is 0.305 e. The van der Waals surface area contributed by atoms with Crippen LogP contribution < -0.4 is 5.32 Å². The highest BCUT2D eigenvalue weighted by Gasteiger charge is 2.20.